The molecule has 0 aliphatic heterocycles. The summed E-state index contributed by atoms with van der Waals surface area (Å²) in [7, 11) is 0. The minimum absolute atomic E-state index is 0.239. The fraction of sp³-hybridized carbons (Fsp3) is 0.308. The van der Waals surface area contributed by atoms with E-state index in [0.29, 0.717) is 21.3 Å². The number of amides is 1. The number of thiophene rings is 1. The van der Waals surface area contributed by atoms with Crippen molar-refractivity contribution in [1.82, 2.24) is 0 Å². The van der Waals surface area contributed by atoms with Gasteiger partial charge in [-0.1, -0.05) is 35.4 Å². The average Bonchev–Trinajstić information content (AvgIpc) is 3.15. The Balaban J connectivity index is 1.88. The highest BCUT2D eigenvalue weighted by atomic mass is 35.5. The van der Waals surface area contributed by atoms with Crippen molar-refractivity contribution in [2.24, 2.45) is 0 Å². The minimum atomic E-state index is -0.785. The van der Waals surface area contributed by atoms with Gasteiger partial charge in [-0.2, -0.15) is 0 Å². The van der Waals surface area contributed by atoms with Gasteiger partial charge in [0.1, 0.15) is 16.3 Å². The van der Waals surface area contributed by atoms with E-state index < -0.39 is 12.1 Å². The first kappa shape index (κ1) is 24.8. The number of carbonyl (C=O) groups is 2. The van der Waals surface area contributed by atoms with Gasteiger partial charge in [0, 0.05) is 16.0 Å². The van der Waals surface area contributed by atoms with Crippen molar-refractivity contribution in [3.63, 3.8) is 0 Å². The van der Waals surface area contributed by atoms with Crippen LogP contribution in [0.25, 0.3) is 11.1 Å². The number of halogens is 1. The number of ether oxygens (including phenoxy) is 2. The number of anilines is 1. The summed E-state index contributed by atoms with van der Waals surface area (Å²) >= 11 is 7.52. The van der Waals surface area contributed by atoms with E-state index in [2.05, 4.69) is 11.4 Å². The number of aryl methyl sites for hydroxylation is 4. The van der Waals surface area contributed by atoms with Gasteiger partial charge in [0.2, 0.25) is 0 Å². The summed E-state index contributed by atoms with van der Waals surface area (Å²) in [5.41, 5.74) is 5.95. The standard InChI is InChI=1S/C26H28ClNO4S/c1-7-31-26(30)22-21(20-9-8-14(2)10-15(20)3)13-33-25(22)28-24(29)18(6)32-19-11-16(4)23(27)17(5)12-19/h8-13,18H,7H2,1-6H3,(H,28,29). The summed E-state index contributed by atoms with van der Waals surface area (Å²) in [5, 5.41) is 5.85. The molecule has 7 heteroatoms. The second kappa shape index (κ2) is 10.4. The van der Waals surface area contributed by atoms with E-state index in [1.807, 2.05) is 45.2 Å². The first-order valence-electron chi connectivity index (χ1n) is 10.7. The van der Waals surface area contributed by atoms with Crippen molar-refractivity contribution in [1.29, 1.82) is 0 Å². The van der Waals surface area contributed by atoms with Gasteiger partial charge in [0.25, 0.3) is 5.91 Å². The molecule has 1 aromatic heterocycles. The molecular weight excluding hydrogens is 458 g/mol. The van der Waals surface area contributed by atoms with Crippen molar-refractivity contribution in [2.75, 3.05) is 11.9 Å². The number of carbonyl (C=O) groups excluding carboxylic acids is 2. The topological polar surface area (TPSA) is 64.6 Å². The lowest BCUT2D eigenvalue weighted by molar-refractivity contribution is -0.122. The highest BCUT2D eigenvalue weighted by molar-refractivity contribution is 7.15. The fourth-order valence-corrected chi connectivity index (χ4v) is 4.68. The van der Waals surface area contributed by atoms with Crippen molar-refractivity contribution in [2.45, 2.75) is 47.6 Å². The van der Waals surface area contributed by atoms with Gasteiger partial charge in [0.05, 0.1) is 6.61 Å². The molecule has 1 unspecified atom stereocenters. The number of esters is 1. The van der Waals surface area contributed by atoms with Crippen LogP contribution in [0, 0.1) is 27.7 Å². The van der Waals surface area contributed by atoms with Crippen LogP contribution in [0.3, 0.4) is 0 Å². The van der Waals surface area contributed by atoms with Gasteiger partial charge < -0.3 is 14.8 Å². The number of rotatable bonds is 7. The van der Waals surface area contributed by atoms with E-state index in [-0.39, 0.29) is 12.5 Å². The molecule has 0 fully saturated rings. The second-order valence-electron chi connectivity index (χ2n) is 8.01. The normalized spacial score (nSPS) is 11.7. The number of benzene rings is 2. The maximum Gasteiger partial charge on any atom is 0.341 e. The monoisotopic (exact) mass is 485 g/mol. The van der Waals surface area contributed by atoms with Gasteiger partial charge in [0.15, 0.2) is 6.10 Å². The fourth-order valence-electron chi connectivity index (χ4n) is 3.62. The molecule has 174 valence electrons. The zero-order valence-electron chi connectivity index (χ0n) is 19.7. The van der Waals surface area contributed by atoms with Crippen LogP contribution in [0.2, 0.25) is 5.02 Å². The predicted octanol–water partition coefficient (Wildman–Crippen LogP) is 6.88. The number of nitrogens with one attached hydrogen (secondary N) is 1. The summed E-state index contributed by atoms with van der Waals surface area (Å²) in [5.74, 6) is -0.272. The highest BCUT2D eigenvalue weighted by Gasteiger charge is 2.25. The molecule has 0 aliphatic rings. The zero-order chi connectivity index (χ0) is 24.3. The predicted molar refractivity (Wildman–Crippen MR) is 135 cm³/mol. The van der Waals surface area contributed by atoms with Crippen LogP contribution in [0.5, 0.6) is 5.75 Å². The molecule has 0 saturated heterocycles. The minimum Gasteiger partial charge on any atom is -0.481 e. The highest BCUT2D eigenvalue weighted by Crippen LogP contribution is 2.38. The molecule has 0 aliphatic carbocycles. The Bertz CT molecular complexity index is 1180. The third kappa shape index (κ3) is 5.57. The van der Waals surface area contributed by atoms with Gasteiger partial charge in [-0.15, -0.1) is 11.3 Å². The maximum atomic E-state index is 12.9. The van der Waals surface area contributed by atoms with Crippen LogP contribution in [0.1, 0.15) is 46.5 Å². The van der Waals surface area contributed by atoms with Gasteiger partial charge in [-0.25, -0.2) is 4.79 Å². The molecule has 1 heterocycles. The van der Waals surface area contributed by atoms with Gasteiger partial charge in [-0.3, -0.25) is 4.79 Å². The molecule has 3 rings (SSSR count). The van der Waals surface area contributed by atoms with Crippen LogP contribution in [-0.4, -0.2) is 24.6 Å². The molecule has 33 heavy (non-hydrogen) atoms. The largest absolute Gasteiger partial charge is 0.481 e. The Morgan fingerprint density at radius 2 is 1.70 bits per heavy atom. The van der Waals surface area contributed by atoms with Crippen molar-refractivity contribution >= 4 is 39.8 Å². The Morgan fingerprint density at radius 3 is 2.30 bits per heavy atom. The molecule has 0 spiro atoms. The van der Waals surface area contributed by atoms with E-state index in [9.17, 15) is 9.59 Å². The quantitative estimate of drug-likeness (QED) is 0.370. The number of hydrogen-bond acceptors (Lipinski definition) is 5. The average molecular weight is 486 g/mol. The molecular formula is C26H28ClNO4S. The Hall–Kier alpha value is -2.83. The molecule has 1 atom stereocenters. The van der Waals surface area contributed by atoms with Crippen LogP contribution < -0.4 is 10.1 Å². The molecule has 1 N–H and O–H groups in total. The summed E-state index contributed by atoms with van der Waals surface area (Å²) in [6, 6.07) is 9.64. The lowest BCUT2D eigenvalue weighted by Crippen LogP contribution is -2.30. The van der Waals surface area contributed by atoms with Crippen LogP contribution >= 0.6 is 22.9 Å². The third-order valence-electron chi connectivity index (χ3n) is 5.27. The van der Waals surface area contributed by atoms with Crippen LogP contribution in [-0.2, 0) is 9.53 Å². The summed E-state index contributed by atoms with van der Waals surface area (Å²) in [4.78, 5) is 25.8. The van der Waals surface area contributed by atoms with Crippen molar-refractivity contribution in [3.05, 3.63) is 68.6 Å². The Labute approximate surface area is 203 Å². The van der Waals surface area contributed by atoms with E-state index in [4.69, 9.17) is 21.1 Å². The Kier molecular flexibility index (Phi) is 7.82. The van der Waals surface area contributed by atoms with Crippen molar-refractivity contribution in [3.8, 4) is 16.9 Å². The van der Waals surface area contributed by atoms with Crippen molar-refractivity contribution < 1.29 is 19.1 Å². The lowest BCUT2D eigenvalue weighted by atomic mass is 9.97. The zero-order valence-corrected chi connectivity index (χ0v) is 21.2. The van der Waals surface area contributed by atoms with Gasteiger partial charge >= 0.3 is 5.97 Å². The first-order chi connectivity index (χ1) is 15.6. The smallest absolute Gasteiger partial charge is 0.341 e. The molecule has 1 amide bonds. The first-order valence-corrected chi connectivity index (χ1v) is 12.0. The molecule has 0 radical (unpaired) electrons. The van der Waals surface area contributed by atoms with Crippen LogP contribution in [0.15, 0.2) is 35.7 Å². The maximum absolute atomic E-state index is 12.9. The van der Waals surface area contributed by atoms with Gasteiger partial charge in [-0.05, 0) is 75.9 Å². The molecule has 0 bridgehead atoms. The Morgan fingerprint density at radius 1 is 1.03 bits per heavy atom. The number of hydrogen-bond donors (Lipinski definition) is 1. The molecule has 3 aromatic rings. The SMILES string of the molecule is CCOC(=O)c1c(-c2ccc(C)cc2C)csc1NC(=O)C(C)Oc1cc(C)c(Cl)c(C)c1. The second-order valence-corrected chi connectivity index (χ2v) is 9.27. The van der Waals surface area contributed by atoms with E-state index in [1.165, 1.54) is 11.3 Å². The summed E-state index contributed by atoms with van der Waals surface area (Å²) < 4.78 is 11.2. The van der Waals surface area contributed by atoms with Crippen LogP contribution in [0.4, 0.5) is 5.00 Å². The molecule has 5 nitrogen and oxygen atoms in total. The molecule has 0 saturated carbocycles. The molecule has 2 aromatic carbocycles. The van der Waals surface area contributed by atoms with E-state index >= 15 is 0 Å². The van der Waals surface area contributed by atoms with E-state index in [1.54, 1.807) is 26.0 Å². The summed E-state index contributed by atoms with van der Waals surface area (Å²) in [6.45, 7) is 11.5. The third-order valence-corrected chi connectivity index (χ3v) is 6.76. The van der Waals surface area contributed by atoms with E-state index in [0.717, 1.165) is 33.4 Å². The summed E-state index contributed by atoms with van der Waals surface area (Å²) in [6.07, 6.45) is -0.785. The lowest BCUT2D eigenvalue weighted by Gasteiger charge is -2.16.